The number of ether oxygens (including phenoxy) is 1. The Hall–Kier alpha value is -1.39. The molecule has 0 bridgehead atoms. The van der Waals surface area contributed by atoms with Crippen LogP contribution in [-0.2, 0) is 6.42 Å². The van der Waals surface area contributed by atoms with Crippen LogP contribution in [0.3, 0.4) is 0 Å². The van der Waals surface area contributed by atoms with Crippen LogP contribution in [-0.4, -0.2) is 18.1 Å². The number of benzene rings is 1. The first-order valence-electron chi connectivity index (χ1n) is 6.21. The van der Waals surface area contributed by atoms with E-state index in [-0.39, 0.29) is 0 Å². The summed E-state index contributed by atoms with van der Waals surface area (Å²) in [7, 11) is 0. The van der Waals surface area contributed by atoms with Gasteiger partial charge in [0.2, 0.25) is 0 Å². The van der Waals surface area contributed by atoms with Crippen molar-refractivity contribution in [3.63, 3.8) is 0 Å². The van der Waals surface area contributed by atoms with Crippen LogP contribution in [0.15, 0.2) is 30.5 Å². The molecule has 0 aliphatic heterocycles. The average Bonchev–Trinajstić information content (AvgIpc) is 2.89. The topological polar surface area (TPSA) is 48.1 Å². The van der Waals surface area contributed by atoms with Crippen LogP contribution in [0.5, 0.6) is 5.75 Å². The highest BCUT2D eigenvalue weighted by Crippen LogP contribution is 2.27. The van der Waals surface area contributed by atoms with Crippen molar-refractivity contribution in [1.82, 2.24) is 4.98 Å². The predicted octanol–water partition coefficient (Wildman–Crippen LogP) is 3.10. The molecule has 1 aromatic carbocycles. The second-order valence-electron chi connectivity index (χ2n) is 4.00. The predicted molar refractivity (Wildman–Crippen MR) is 76.1 cm³/mol. The van der Waals surface area contributed by atoms with E-state index in [1.807, 2.05) is 18.3 Å². The summed E-state index contributed by atoms with van der Waals surface area (Å²) in [5.41, 5.74) is 6.57. The zero-order valence-corrected chi connectivity index (χ0v) is 11.4. The van der Waals surface area contributed by atoms with E-state index in [1.54, 1.807) is 11.3 Å². The van der Waals surface area contributed by atoms with Crippen molar-refractivity contribution < 1.29 is 4.74 Å². The van der Waals surface area contributed by atoms with Crippen LogP contribution in [0.4, 0.5) is 0 Å². The first-order chi connectivity index (χ1) is 8.83. The molecule has 0 unspecified atom stereocenters. The fourth-order valence-corrected chi connectivity index (χ4v) is 2.43. The Morgan fingerprint density at radius 1 is 1.28 bits per heavy atom. The lowest BCUT2D eigenvalue weighted by Crippen LogP contribution is -2.05. The Kier molecular flexibility index (Phi) is 4.73. The molecule has 0 amide bonds. The smallest absolute Gasteiger partial charge is 0.123 e. The monoisotopic (exact) mass is 262 g/mol. The fraction of sp³-hybridized carbons (Fsp3) is 0.357. The summed E-state index contributed by atoms with van der Waals surface area (Å²) in [5.74, 6) is 0.888. The van der Waals surface area contributed by atoms with Gasteiger partial charge in [0.25, 0.3) is 0 Å². The SMILES string of the molecule is CCc1cnc(-c2ccc(OCCCN)cc2)s1. The normalized spacial score (nSPS) is 10.6. The molecule has 2 rings (SSSR count). The molecule has 3 nitrogen and oxygen atoms in total. The summed E-state index contributed by atoms with van der Waals surface area (Å²) in [5, 5.41) is 1.07. The van der Waals surface area contributed by atoms with Gasteiger partial charge in [0.15, 0.2) is 0 Å². The summed E-state index contributed by atoms with van der Waals surface area (Å²) in [6, 6.07) is 8.07. The number of nitrogens with zero attached hydrogens (tertiary/aromatic N) is 1. The second-order valence-corrected chi connectivity index (χ2v) is 5.12. The van der Waals surface area contributed by atoms with Crippen molar-refractivity contribution in [2.75, 3.05) is 13.2 Å². The number of thiazole rings is 1. The van der Waals surface area contributed by atoms with Gasteiger partial charge in [-0.3, -0.25) is 0 Å². The number of aryl methyl sites for hydroxylation is 1. The van der Waals surface area contributed by atoms with Gasteiger partial charge in [0, 0.05) is 16.6 Å². The van der Waals surface area contributed by atoms with Crippen molar-refractivity contribution in [1.29, 1.82) is 0 Å². The van der Waals surface area contributed by atoms with Crippen LogP contribution in [0, 0.1) is 0 Å². The standard InChI is InChI=1S/C14H18N2OS/c1-2-13-10-16-14(18-13)11-4-6-12(7-5-11)17-9-3-8-15/h4-7,10H,2-3,8-9,15H2,1H3. The highest BCUT2D eigenvalue weighted by molar-refractivity contribution is 7.15. The molecule has 1 heterocycles. The van der Waals surface area contributed by atoms with Gasteiger partial charge < -0.3 is 10.5 Å². The van der Waals surface area contributed by atoms with E-state index in [2.05, 4.69) is 24.0 Å². The molecular formula is C14H18N2OS. The molecule has 0 saturated carbocycles. The zero-order valence-electron chi connectivity index (χ0n) is 10.6. The van der Waals surface area contributed by atoms with Gasteiger partial charge in [-0.05, 0) is 43.7 Å². The van der Waals surface area contributed by atoms with E-state index >= 15 is 0 Å². The van der Waals surface area contributed by atoms with Gasteiger partial charge in [0.1, 0.15) is 10.8 Å². The molecule has 0 atom stereocenters. The summed E-state index contributed by atoms with van der Waals surface area (Å²) in [4.78, 5) is 5.74. The Bertz CT molecular complexity index is 479. The van der Waals surface area contributed by atoms with Crippen molar-refractivity contribution in [2.45, 2.75) is 19.8 Å². The molecule has 0 saturated heterocycles. The van der Waals surface area contributed by atoms with Crippen LogP contribution < -0.4 is 10.5 Å². The fourth-order valence-electron chi connectivity index (χ4n) is 1.57. The number of hydrogen-bond acceptors (Lipinski definition) is 4. The molecular weight excluding hydrogens is 244 g/mol. The van der Waals surface area contributed by atoms with Gasteiger partial charge >= 0.3 is 0 Å². The number of rotatable bonds is 6. The largest absolute Gasteiger partial charge is 0.494 e. The van der Waals surface area contributed by atoms with E-state index in [4.69, 9.17) is 10.5 Å². The third kappa shape index (κ3) is 3.31. The molecule has 0 radical (unpaired) electrons. The maximum atomic E-state index is 5.57. The first kappa shape index (κ1) is 13.1. The lowest BCUT2D eigenvalue weighted by atomic mass is 10.2. The molecule has 4 heteroatoms. The van der Waals surface area contributed by atoms with Crippen molar-refractivity contribution >= 4 is 11.3 Å². The Balaban J connectivity index is 2.02. The minimum Gasteiger partial charge on any atom is -0.494 e. The maximum Gasteiger partial charge on any atom is 0.123 e. The minimum atomic E-state index is 0.664. The van der Waals surface area contributed by atoms with Gasteiger partial charge in [-0.2, -0.15) is 0 Å². The Morgan fingerprint density at radius 3 is 2.67 bits per heavy atom. The minimum absolute atomic E-state index is 0.664. The number of aromatic nitrogens is 1. The van der Waals surface area contributed by atoms with E-state index < -0.39 is 0 Å². The highest BCUT2D eigenvalue weighted by Gasteiger charge is 2.03. The molecule has 18 heavy (non-hydrogen) atoms. The highest BCUT2D eigenvalue weighted by atomic mass is 32.1. The maximum absolute atomic E-state index is 5.57. The lowest BCUT2D eigenvalue weighted by molar-refractivity contribution is 0.313. The van der Waals surface area contributed by atoms with Gasteiger partial charge in [-0.15, -0.1) is 11.3 Å². The third-order valence-electron chi connectivity index (χ3n) is 2.62. The molecule has 0 aliphatic carbocycles. The molecule has 2 N–H and O–H groups in total. The van der Waals surface area contributed by atoms with E-state index in [0.717, 1.165) is 29.2 Å². The number of hydrogen-bond donors (Lipinski definition) is 1. The molecule has 2 aromatic rings. The number of nitrogens with two attached hydrogens (primary N) is 1. The van der Waals surface area contributed by atoms with Gasteiger partial charge in [-0.25, -0.2) is 4.98 Å². The summed E-state index contributed by atoms with van der Waals surface area (Å²) in [6.07, 6.45) is 3.87. The quantitative estimate of drug-likeness (QED) is 0.814. The van der Waals surface area contributed by atoms with Gasteiger partial charge in [0.05, 0.1) is 6.61 Å². The van der Waals surface area contributed by atoms with Gasteiger partial charge in [-0.1, -0.05) is 6.92 Å². The molecule has 1 aromatic heterocycles. The van der Waals surface area contributed by atoms with E-state index in [9.17, 15) is 0 Å². The second kappa shape index (κ2) is 6.52. The zero-order chi connectivity index (χ0) is 12.8. The van der Waals surface area contributed by atoms with E-state index in [0.29, 0.717) is 13.2 Å². The molecule has 0 spiro atoms. The Morgan fingerprint density at radius 2 is 2.06 bits per heavy atom. The van der Waals surface area contributed by atoms with Crippen LogP contribution in [0.25, 0.3) is 10.6 Å². The van der Waals surface area contributed by atoms with Crippen molar-refractivity contribution in [3.05, 3.63) is 35.3 Å². The summed E-state index contributed by atoms with van der Waals surface area (Å²) < 4.78 is 5.57. The summed E-state index contributed by atoms with van der Waals surface area (Å²) in [6.45, 7) is 3.48. The van der Waals surface area contributed by atoms with Crippen molar-refractivity contribution in [3.8, 4) is 16.3 Å². The average molecular weight is 262 g/mol. The lowest BCUT2D eigenvalue weighted by Gasteiger charge is -2.05. The first-order valence-corrected chi connectivity index (χ1v) is 7.03. The van der Waals surface area contributed by atoms with Crippen LogP contribution in [0.1, 0.15) is 18.2 Å². The molecule has 0 aliphatic rings. The van der Waals surface area contributed by atoms with E-state index in [1.165, 1.54) is 4.88 Å². The summed E-state index contributed by atoms with van der Waals surface area (Å²) >= 11 is 1.74. The van der Waals surface area contributed by atoms with Crippen LogP contribution in [0.2, 0.25) is 0 Å². The molecule has 0 fully saturated rings. The van der Waals surface area contributed by atoms with Crippen molar-refractivity contribution in [2.24, 2.45) is 5.73 Å². The molecule has 96 valence electrons. The third-order valence-corrected chi connectivity index (χ3v) is 3.81. The Labute approximate surface area is 112 Å². The van der Waals surface area contributed by atoms with Crippen LogP contribution >= 0.6 is 11.3 Å².